The predicted octanol–water partition coefficient (Wildman–Crippen LogP) is 7.13. The number of rotatable bonds is 12. The molecule has 2 amide bonds. The van der Waals surface area contributed by atoms with Crippen molar-refractivity contribution in [2.45, 2.75) is 82.1 Å². The molecule has 1 atom stereocenters. The van der Waals surface area contributed by atoms with Crippen molar-refractivity contribution in [1.82, 2.24) is 10.2 Å². The first-order valence-electron chi connectivity index (χ1n) is 15.4. The molecule has 3 aromatic rings. The smallest absolute Gasteiger partial charge is 0.417 e. The molecule has 0 bridgehead atoms. The summed E-state index contributed by atoms with van der Waals surface area (Å²) in [6.45, 7) is 2.56. The van der Waals surface area contributed by atoms with Crippen LogP contribution in [0.25, 0.3) is 0 Å². The fraction of sp³-hybridized carbons (Fsp3) is 0.412. The van der Waals surface area contributed by atoms with Crippen molar-refractivity contribution in [3.05, 3.63) is 88.4 Å². The highest BCUT2D eigenvalue weighted by molar-refractivity contribution is 7.92. The fourth-order valence-electron chi connectivity index (χ4n) is 5.64. The Balaban J connectivity index is 1.77. The summed E-state index contributed by atoms with van der Waals surface area (Å²) in [7, 11) is -3.06. The monoisotopic (exact) mass is 693 g/mol. The van der Waals surface area contributed by atoms with Crippen LogP contribution in [0, 0.1) is 6.92 Å². The van der Waals surface area contributed by atoms with Gasteiger partial charge in [0.15, 0.2) is 0 Å². The number of halogens is 4. The molecule has 47 heavy (non-hydrogen) atoms. The van der Waals surface area contributed by atoms with Crippen LogP contribution in [-0.2, 0) is 32.3 Å². The standard InChI is InChI=1S/C34H39ClF3N3O5S/c1-4-31(33(43)39-25-8-6-5-7-9-25)40(21-24-12-15-27(46-3)16-13-24)32(42)22-41(47(44,45)28-17-10-23(2)11-18-28)26-14-19-30(35)29(20-26)34(36,37)38/h10-20,25,31H,4-9,21-22H2,1-3H3,(H,39,43)/t31-/m1/s1. The van der Waals surface area contributed by atoms with Crippen LogP contribution >= 0.6 is 11.6 Å². The number of carbonyl (C=O) groups excluding carboxylic acids is 2. The second-order valence-electron chi connectivity index (χ2n) is 11.6. The van der Waals surface area contributed by atoms with Gasteiger partial charge < -0.3 is 15.0 Å². The number of amides is 2. The Morgan fingerprint density at radius 3 is 2.21 bits per heavy atom. The van der Waals surface area contributed by atoms with Gasteiger partial charge in [-0.1, -0.05) is 67.6 Å². The molecule has 254 valence electrons. The number of methoxy groups -OCH3 is 1. The molecule has 4 rings (SSSR count). The Hall–Kier alpha value is -3.77. The van der Waals surface area contributed by atoms with Crippen molar-refractivity contribution in [3.63, 3.8) is 0 Å². The van der Waals surface area contributed by atoms with E-state index in [0.717, 1.165) is 49.8 Å². The average molecular weight is 694 g/mol. The Kier molecular flexibility index (Phi) is 11.8. The lowest BCUT2D eigenvalue weighted by molar-refractivity contribution is -0.140. The topological polar surface area (TPSA) is 96.0 Å². The molecule has 0 aliphatic heterocycles. The van der Waals surface area contributed by atoms with Gasteiger partial charge in [0.25, 0.3) is 10.0 Å². The van der Waals surface area contributed by atoms with E-state index < -0.39 is 51.0 Å². The molecule has 0 radical (unpaired) electrons. The number of alkyl halides is 3. The van der Waals surface area contributed by atoms with Crippen molar-refractivity contribution >= 4 is 39.1 Å². The number of hydrogen-bond donors (Lipinski definition) is 1. The van der Waals surface area contributed by atoms with E-state index >= 15 is 0 Å². The van der Waals surface area contributed by atoms with Gasteiger partial charge in [-0.3, -0.25) is 13.9 Å². The summed E-state index contributed by atoms with van der Waals surface area (Å²) < 4.78 is 75.7. The second-order valence-corrected chi connectivity index (χ2v) is 13.9. The minimum absolute atomic E-state index is 0.0449. The predicted molar refractivity (Wildman–Crippen MR) is 175 cm³/mol. The largest absolute Gasteiger partial charge is 0.497 e. The van der Waals surface area contributed by atoms with Gasteiger partial charge in [0.05, 0.1) is 28.3 Å². The molecule has 1 fully saturated rings. The van der Waals surface area contributed by atoms with Crippen LogP contribution in [0.2, 0.25) is 5.02 Å². The number of hydrogen-bond acceptors (Lipinski definition) is 5. The third-order valence-electron chi connectivity index (χ3n) is 8.28. The number of aryl methyl sites for hydroxylation is 1. The molecule has 1 N–H and O–H groups in total. The maximum absolute atomic E-state index is 14.3. The van der Waals surface area contributed by atoms with Crippen LogP contribution in [0.5, 0.6) is 5.75 Å². The SMILES string of the molecule is CC[C@H](C(=O)NC1CCCCC1)N(Cc1ccc(OC)cc1)C(=O)CN(c1ccc(Cl)c(C(F)(F)F)c1)S(=O)(=O)c1ccc(C)cc1. The van der Waals surface area contributed by atoms with Crippen LogP contribution in [0.1, 0.15) is 62.1 Å². The number of benzene rings is 3. The molecule has 8 nitrogen and oxygen atoms in total. The van der Waals surface area contributed by atoms with Crippen LogP contribution in [-0.4, -0.2) is 50.9 Å². The summed E-state index contributed by atoms with van der Waals surface area (Å²) in [5.41, 5.74) is -0.249. The van der Waals surface area contributed by atoms with E-state index in [2.05, 4.69) is 5.32 Å². The second kappa shape index (κ2) is 15.4. The molecular weight excluding hydrogens is 655 g/mol. The summed E-state index contributed by atoms with van der Waals surface area (Å²) in [6.07, 6.45) is -0.0139. The minimum atomic E-state index is -4.89. The lowest BCUT2D eigenvalue weighted by Gasteiger charge is -2.34. The summed E-state index contributed by atoms with van der Waals surface area (Å²) in [5.74, 6) is -0.571. The Labute approximate surface area is 278 Å². The highest BCUT2D eigenvalue weighted by Gasteiger charge is 2.37. The molecule has 0 aromatic heterocycles. The zero-order valence-corrected chi connectivity index (χ0v) is 28.1. The number of ether oxygens (including phenoxy) is 1. The van der Waals surface area contributed by atoms with Gasteiger partial charge in [0.2, 0.25) is 11.8 Å². The summed E-state index contributed by atoms with van der Waals surface area (Å²) in [5, 5.41) is 2.44. The molecule has 0 heterocycles. The average Bonchev–Trinajstić information content (AvgIpc) is 3.04. The molecule has 0 unspecified atom stereocenters. The number of sulfonamides is 1. The third kappa shape index (κ3) is 8.98. The van der Waals surface area contributed by atoms with Crippen molar-refractivity contribution in [2.75, 3.05) is 18.0 Å². The van der Waals surface area contributed by atoms with Crippen LogP contribution < -0.4 is 14.4 Å². The van der Waals surface area contributed by atoms with E-state index in [-0.39, 0.29) is 29.8 Å². The Morgan fingerprint density at radius 1 is 1.00 bits per heavy atom. The lowest BCUT2D eigenvalue weighted by atomic mass is 9.95. The molecule has 1 aliphatic carbocycles. The molecular formula is C34H39ClF3N3O5S. The lowest BCUT2D eigenvalue weighted by Crippen LogP contribution is -2.54. The maximum atomic E-state index is 14.3. The van der Waals surface area contributed by atoms with Crippen molar-refractivity contribution in [3.8, 4) is 5.75 Å². The first-order valence-corrected chi connectivity index (χ1v) is 17.2. The Bertz CT molecular complexity index is 1640. The van der Waals surface area contributed by atoms with Gasteiger partial charge in [0, 0.05) is 12.6 Å². The van der Waals surface area contributed by atoms with Gasteiger partial charge >= 0.3 is 6.18 Å². The van der Waals surface area contributed by atoms with Gasteiger partial charge in [-0.25, -0.2) is 8.42 Å². The summed E-state index contributed by atoms with van der Waals surface area (Å²) in [4.78, 5) is 29.1. The maximum Gasteiger partial charge on any atom is 0.417 e. The quantitative estimate of drug-likeness (QED) is 0.218. The highest BCUT2D eigenvalue weighted by Crippen LogP contribution is 2.38. The van der Waals surface area contributed by atoms with Crippen LogP contribution in [0.3, 0.4) is 0 Å². The molecule has 1 saturated carbocycles. The van der Waals surface area contributed by atoms with Gasteiger partial charge in [-0.15, -0.1) is 0 Å². The van der Waals surface area contributed by atoms with E-state index in [1.807, 2.05) is 0 Å². The van der Waals surface area contributed by atoms with Gasteiger partial charge in [0.1, 0.15) is 18.3 Å². The molecule has 3 aromatic carbocycles. The van der Waals surface area contributed by atoms with Crippen LogP contribution in [0.15, 0.2) is 71.6 Å². The Morgan fingerprint density at radius 2 is 1.64 bits per heavy atom. The van der Waals surface area contributed by atoms with Crippen molar-refractivity contribution in [2.24, 2.45) is 0 Å². The van der Waals surface area contributed by atoms with Gasteiger partial charge in [-0.2, -0.15) is 13.2 Å². The van der Waals surface area contributed by atoms with E-state index in [1.165, 1.54) is 24.1 Å². The van der Waals surface area contributed by atoms with Crippen LogP contribution in [0.4, 0.5) is 18.9 Å². The third-order valence-corrected chi connectivity index (χ3v) is 10.4. The summed E-state index contributed by atoms with van der Waals surface area (Å²) in [6, 6.07) is 14.2. The summed E-state index contributed by atoms with van der Waals surface area (Å²) >= 11 is 5.86. The first-order chi connectivity index (χ1) is 22.2. The molecule has 13 heteroatoms. The van der Waals surface area contributed by atoms with E-state index in [4.69, 9.17) is 16.3 Å². The minimum Gasteiger partial charge on any atom is -0.497 e. The number of nitrogens with zero attached hydrogens (tertiary/aromatic N) is 2. The number of carbonyl (C=O) groups is 2. The van der Waals surface area contributed by atoms with E-state index in [9.17, 15) is 31.2 Å². The van der Waals surface area contributed by atoms with Gasteiger partial charge in [-0.05, 0) is 74.2 Å². The number of anilines is 1. The zero-order valence-electron chi connectivity index (χ0n) is 26.5. The molecule has 1 aliphatic rings. The normalized spacial score (nSPS) is 14.7. The van der Waals surface area contributed by atoms with E-state index in [0.29, 0.717) is 21.7 Å². The highest BCUT2D eigenvalue weighted by atomic mass is 35.5. The number of nitrogens with one attached hydrogen (secondary N) is 1. The first kappa shape index (κ1) is 36.1. The van der Waals surface area contributed by atoms with Crippen molar-refractivity contribution in [1.29, 1.82) is 0 Å². The van der Waals surface area contributed by atoms with Crippen molar-refractivity contribution < 1.29 is 35.9 Å². The van der Waals surface area contributed by atoms with E-state index in [1.54, 1.807) is 50.2 Å². The molecule has 0 saturated heterocycles. The molecule has 0 spiro atoms. The fourth-order valence-corrected chi connectivity index (χ4v) is 7.27. The zero-order chi connectivity index (χ0) is 34.4.